The minimum atomic E-state index is -5.08. The molecule has 186 valence electrons. The Kier molecular flexibility index (Phi) is 9.19. The summed E-state index contributed by atoms with van der Waals surface area (Å²) in [6.07, 6.45) is -2.09. The molecule has 0 aliphatic rings. The number of nitrogens with two attached hydrogens (primary N) is 2. The van der Waals surface area contributed by atoms with Crippen molar-refractivity contribution in [3.8, 4) is 5.88 Å². The molecule has 0 unspecified atom stereocenters. The van der Waals surface area contributed by atoms with E-state index in [1.165, 1.54) is 0 Å². The van der Waals surface area contributed by atoms with Gasteiger partial charge in [0.15, 0.2) is 5.82 Å². The number of ether oxygens (including phenoxy) is 1. The lowest BCUT2D eigenvalue weighted by Crippen LogP contribution is -2.21. The number of imidazole rings is 1. The van der Waals surface area contributed by atoms with Crippen LogP contribution in [0.25, 0.3) is 11.0 Å². The zero-order valence-corrected chi connectivity index (χ0v) is 19.3. The van der Waals surface area contributed by atoms with Crippen LogP contribution in [-0.4, -0.2) is 43.1 Å². The second-order valence-electron chi connectivity index (χ2n) is 7.80. The summed E-state index contributed by atoms with van der Waals surface area (Å²) in [6, 6.07) is 8.30. The molecule has 12 heteroatoms. The third kappa shape index (κ3) is 7.04. The molecule has 3 aromatic rings. The van der Waals surface area contributed by atoms with Gasteiger partial charge in [-0.1, -0.05) is 37.6 Å². The average molecular weight is 483 g/mol. The van der Waals surface area contributed by atoms with Crippen molar-refractivity contribution in [3.05, 3.63) is 41.2 Å². The maximum Gasteiger partial charge on any atom is 0.490 e. The normalized spacial score (nSPS) is 11.4. The first-order valence-corrected chi connectivity index (χ1v) is 10.7. The molecule has 9 nitrogen and oxygen atoms in total. The van der Waals surface area contributed by atoms with Gasteiger partial charge < -0.3 is 25.9 Å². The number of halogens is 3. The number of carboxylic acid groups (broad SMARTS) is 1. The number of aryl methyl sites for hydroxylation is 1. The maximum absolute atomic E-state index is 10.6. The summed E-state index contributed by atoms with van der Waals surface area (Å²) in [6.45, 7) is 7.31. The van der Waals surface area contributed by atoms with Crippen LogP contribution in [0.3, 0.4) is 0 Å². The molecule has 0 atom stereocenters. The van der Waals surface area contributed by atoms with Crippen LogP contribution in [0.5, 0.6) is 5.88 Å². The Morgan fingerprint density at radius 1 is 1.18 bits per heavy atom. The molecule has 5 N–H and O–H groups in total. The number of carboxylic acids is 1. The number of hydrogen-bond donors (Lipinski definition) is 3. The van der Waals surface area contributed by atoms with Gasteiger partial charge >= 0.3 is 12.1 Å². The van der Waals surface area contributed by atoms with Crippen molar-refractivity contribution in [2.24, 2.45) is 5.73 Å². The van der Waals surface area contributed by atoms with Crippen molar-refractivity contribution in [3.63, 3.8) is 0 Å². The van der Waals surface area contributed by atoms with Gasteiger partial charge in [0.05, 0.1) is 6.10 Å². The predicted molar refractivity (Wildman–Crippen MR) is 121 cm³/mol. The van der Waals surface area contributed by atoms with Crippen LogP contribution in [0.4, 0.5) is 19.0 Å². The van der Waals surface area contributed by atoms with E-state index in [1.54, 1.807) is 0 Å². The predicted octanol–water partition coefficient (Wildman–Crippen LogP) is 3.68. The number of rotatable bonds is 8. The fourth-order valence-corrected chi connectivity index (χ4v) is 3.05. The van der Waals surface area contributed by atoms with Crippen molar-refractivity contribution < 1.29 is 27.8 Å². The Bertz CT molecular complexity index is 1100. The van der Waals surface area contributed by atoms with E-state index >= 15 is 0 Å². The van der Waals surface area contributed by atoms with Gasteiger partial charge in [0, 0.05) is 19.5 Å². The third-order valence-corrected chi connectivity index (χ3v) is 4.68. The molecular formula is C22H29F3N6O3. The molecule has 2 aromatic heterocycles. The Morgan fingerprint density at radius 3 is 2.26 bits per heavy atom. The van der Waals surface area contributed by atoms with E-state index in [1.807, 2.05) is 13.8 Å². The number of carbonyl (C=O) groups is 1. The van der Waals surface area contributed by atoms with E-state index < -0.39 is 12.1 Å². The summed E-state index contributed by atoms with van der Waals surface area (Å²) >= 11 is 0. The molecule has 0 aliphatic carbocycles. The second-order valence-corrected chi connectivity index (χ2v) is 7.80. The largest absolute Gasteiger partial charge is 0.490 e. The second kappa shape index (κ2) is 11.6. The number of benzene rings is 1. The van der Waals surface area contributed by atoms with Crippen LogP contribution in [0, 0.1) is 0 Å². The Morgan fingerprint density at radius 2 is 1.76 bits per heavy atom. The van der Waals surface area contributed by atoms with Crippen molar-refractivity contribution in [1.82, 2.24) is 19.7 Å². The molecule has 34 heavy (non-hydrogen) atoms. The van der Waals surface area contributed by atoms with Gasteiger partial charge in [-0.05, 0) is 31.4 Å². The van der Waals surface area contributed by atoms with Crippen LogP contribution >= 0.6 is 0 Å². The van der Waals surface area contributed by atoms with E-state index in [4.69, 9.17) is 31.1 Å². The average Bonchev–Trinajstić information content (AvgIpc) is 3.13. The monoisotopic (exact) mass is 482 g/mol. The van der Waals surface area contributed by atoms with Gasteiger partial charge in [0.1, 0.15) is 16.9 Å². The SMILES string of the molecule is CCCCc1nc2c(N)nnc(OC(C)C)c2n1Cc1ccc(CN)cc1.O=C(O)C(F)(F)F. The molecule has 0 fully saturated rings. The molecule has 1 aromatic carbocycles. The van der Waals surface area contributed by atoms with E-state index in [9.17, 15) is 13.2 Å². The van der Waals surface area contributed by atoms with Crippen LogP contribution in [0.2, 0.25) is 0 Å². The van der Waals surface area contributed by atoms with E-state index in [0.717, 1.165) is 41.7 Å². The Hall–Kier alpha value is -3.41. The van der Waals surface area contributed by atoms with Gasteiger partial charge in [-0.25, -0.2) is 9.78 Å². The van der Waals surface area contributed by atoms with Gasteiger partial charge in [0.2, 0.25) is 0 Å². The number of unbranched alkanes of at least 4 members (excludes halogenated alkanes) is 1. The van der Waals surface area contributed by atoms with Gasteiger partial charge in [-0.3, -0.25) is 0 Å². The molecule has 0 spiro atoms. The lowest BCUT2D eigenvalue weighted by molar-refractivity contribution is -0.192. The molecule has 0 saturated carbocycles. The number of aliphatic carboxylic acids is 1. The lowest BCUT2D eigenvalue weighted by Gasteiger charge is -2.13. The highest BCUT2D eigenvalue weighted by atomic mass is 19.4. The number of hydrogen-bond acceptors (Lipinski definition) is 7. The summed E-state index contributed by atoms with van der Waals surface area (Å²) in [7, 11) is 0. The molecule has 0 amide bonds. The molecule has 0 bridgehead atoms. The molecule has 2 heterocycles. The fourth-order valence-electron chi connectivity index (χ4n) is 3.05. The molecule has 3 rings (SSSR count). The lowest BCUT2D eigenvalue weighted by atomic mass is 10.1. The number of anilines is 1. The number of nitrogen functional groups attached to an aromatic ring is 1. The maximum atomic E-state index is 10.6. The van der Waals surface area contributed by atoms with Gasteiger partial charge in [0.25, 0.3) is 5.88 Å². The first-order chi connectivity index (χ1) is 16.0. The van der Waals surface area contributed by atoms with Crippen LogP contribution in [0.15, 0.2) is 24.3 Å². The first kappa shape index (κ1) is 26.8. The van der Waals surface area contributed by atoms with Gasteiger partial charge in [-0.15, -0.1) is 10.2 Å². The highest BCUT2D eigenvalue weighted by Crippen LogP contribution is 2.29. The molecule has 0 saturated heterocycles. The standard InChI is InChI=1S/C20H28N6O.C2HF3O2/c1-4-5-6-16-23-17-18(20(27-13(2)3)25-24-19(17)22)26(16)12-15-9-7-14(11-21)8-10-15;3-2(4,5)1(6)7/h7-10,13H,4-6,11-12,21H2,1-3H3,(H2,22,24);(H,6,7). The van der Waals surface area contributed by atoms with E-state index in [0.29, 0.717) is 30.3 Å². The third-order valence-electron chi connectivity index (χ3n) is 4.68. The summed E-state index contributed by atoms with van der Waals surface area (Å²) in [5, 5.41) is 15.4. The van der Waals surface area contributed by atoms with Crippen LogP contribution < -0.4 is 16.2 Å². The van der Waals surface area contributed by atoms with Gasteiger partial charge in [-0.2, -0.15) is 13.2 Å². The number of fused-ring (bicyclic) bond motifs is 1. The Balaban J connectivity index is 0.000000509. The zero-order chi connectivity index (χ0) is 25.5. The van der Waals surface area contributed by atoms with Crippen LogP contribution in [-0.2, 0) is 24.3 Å². The summed E-state index contributed by atoms with van der Waals surface area (Å²) in [5.41, 5.74) is 15.5. The molecular weight excluding hydrogens is 453 g/mol. The highest BCUT2D eigenvalue weighted by Gasteiger charge is 2.38. The summed E-state index contributed by atoms with van der Waals surface area (Å²) in [5.74, 6) is -0.975. The first-order valence-electron chi connectivity index (χ1n) is 10.7. The smallest absolute Gasteiger partial charge is 0.475 e. The number of aromatic nitrogens is 4. The van der Waals surface area contributed by atoms with Crippen molar-refractivity contribution in [2.75, 3.05) is 5.73 Å². The zero-order valence-electron chi connectivity index (χ0n) is 19.3. The summed E-state index contributed by atoms with van der Waals surface area (Å²) in [4.78, 5) is 13.7. The number of nitrogens with zero attached hydrogens (tertiary/aromatic N) is 4. The van der Waals surface area contributed by atoms with Crippen molar-refractivity contribution >= 4 is 22.8 Å². The highest BCUT2D eigenvalue weighted by molar-refractivity contribution is 5.88. The van der Waals surface area contributed by atoms with Crippen molar-refractivity contribution in [2.45, 2.75) is 65.4 Å². The minimum Gasteiger partial charge on any atom is -0.475 e. The van der Waals surface area contributed by atoms with Crippen LogP contribution in [0.1, 0.15) is 50.6 Å². The molecule has 0 radical (unpaired) electrons. The molecule has 0 aliphatic heterocycles. The topological polar surface area (TPSA) is 142 Å². The van der Waals surface area contributed by atoms with Crippen molar-refractivity contribution in [1.29, 1.82) is 0 Å². The number of alkyl halides is 3. The summed E-state index contributed by atoms with van der Waals surface area (Å²) < 4.78 is 39.8. The van der Waals surface area contributed by atoms with E-state index in [2.05, 4.69) is 46.0 Å². The minimum absolute atomic E-state index is 0.0163. The van der Waals surface area contributed by atoms with E-state index in [-0.39, 0.29) is 6.10 Å². The fraction of sp³-hybridized carbons (Fsp3) is 0.455. The Labute approximate surface area is 194 Å². The quantitative estimate of drug-likeness (QED) is 0.441.